The van der Waals surface area contributed by atoms with Crippen LogP contribution in [0.25, 0.3) is 5.52 Å². The largest absolute Gasteiger partial charge is 0.360 e. The molecule has 0 saturated heterocycles. The van der Waals surface area contributed by atoms with Crippen LogP contribution in [0.4, 0.5) is 5.82 Å². The number of aryl methyl sites for hydroxylation is 1. The predicted molar refractivity (Wildman–Crippen MR) is 52.1 cm³/mol. The highest BCUT2D eigenvalue weighted by molar-refractivity contribution is 5.68. The van der Waals surface area contributed by atoms with Gasteiger partial charge in [-0.3, -0.25) is 0 Å². The maximum absolute atomic E-state index is 4.13. The standard InChI is InChI=1S/C9H12N4/c1-7-10-11-9(12(2)3)8-5-4-6-13(7)8/h4-6H,1-3H3. The second kappa shape index (κ2) is 2.73. The van der Waals surface area contributed by atoms with Crippen LogP contribution >= 0.6 is 0 Å². The van der Waals surface area contributed by atoms with Crippen molar-refractivity contribution in [2.45, 2.75) is 6.92 Å². The molecule has 0 spiro atoms. The lowest BCUT2D eigenvalue weighted by molar-refractivity contribution is 0.864. The Morgan fingerprint density at radius 1 is 1.31 bits per heavy atom. The molecule has 0 aromatic carbocycles. The van der Waals surface area contributed by atoms with Crippen LogP contribution in [0.3, 0.4) is 0 Å². The van der Waals surface area contributed by atoms with E-state index in [4.69, 9.17) is 0 Å². The first kappa shape index (κ1) is 8.04. The maximum atomic E-state index is 4.13. The van der Waals surface area contributed by atoms with E-state index in [1.807, 2.05) is 48.6 Å². The molecule has 0 aliphatic rings. The van der Waals surface area contributed by atoms with Gasteiger partial charge in [-0.05, 0) is 19.1 Å². The summed E-state index contributed by atoms with van der Waals surface area (Å²) in [7, 11) is 3.93. The summed E-state index contributed by atoms with van der Waals surface area (Å²) in [5.41, 5.74) is 1.09. The fourth-order valence-electron chi connectivity index (χ4n) is 1.38. The summed E-state index contributed by atoms with van der Waals surface area (Å²) in [6.45, 7) is 1.94. The van der Waals surface area contributed by atoms with E-state index in [0.717, 1.165) is 17.2 Å². The van der Waals surface area contributed by atoms with Crippen LogP contribution in [0, 0.1) is 6.92 Å². The fourth-order valence-corrected chi connectivity index (χ4v) is 1.38. The zero-order valence-corrected chi connectivity index (χ0v) is 8.02. The van der Waals surface area contributed by atoms with Gasteiger partial charge in [-0.2, -0.15) is 0 Å². The maximum Gasteiger partial charge on any atom is 0.175 e. The van der Waals surface area contributed by atoms with Gasteiger partial charge in [-0.15, -0.1) is 10.2 Å². The molecule has 68 valence electrons. The minimum atomic E-state index is 0.899. The van der Waals surface area contributed by atoms with Gasteiger partial charge < -0.3 is 9.30 Å². The van der Waals surface area contributed by atoms with Gasteiger partial charge >= 0.3 is 0 Å². The second-order valence-corrected chi connectivity index (χ2v) is 3.23. The summed E-state index contributed by atoms with van der Waals surface area (Å²) in [5, 5.41) is 8.21. The Morgan fingerprint density at radius 2 is 2.08 bits per heavy atom. The van der Waals surface area contributed by atoms with Gasteiger partial charge in [0.05, 0.1) is 5.52 Å². The molecule has 2 aromatic rings. The summed E-state index contributed by atoms with van der Waals surface area (Å²) in [5.74, 6) is 1.81. The van der Waals surface area contributed by atoms with Crippen molar-refractivity contribution in [3.63, 3.8) is 0 Å². The molecule has 0 atom stereocenters. The number of anilines is 1. The van der Waals surface area contributed by atoms with Gasteiger partial charge in [0.1, 0.15) is 5.82 Å². The molecule has 0 aliphatic carbocycles. The molecule has 0 amide bonds. The van der Waals surface area contributed by atoms with Crippen LogP contribution in [-0.4, -0.2) is 28.7 Å². The zero-order valence-electron chi connectivity index (χ0n) is 8.02. The zero-order chi connectivity index (χ0) is 9.42. The van der Waals surface area contributed by atoms with E-state index in [0.29, 0.717) is 0 Å². The average Bonchev–Trinajstić information content (AvgIpc) is 2.53. The van der Waals surface area contributed by atoms with Crippen LogP contribution in [0.15, 0.2) is 18.3 Å². The topological polar surface area (TPSA) is 33.4 Å². The van der Waals surface area contributed by atoms with Crippen LogP contribution in [0.2, 0.25) is 0 Å². The van der Waals surface area contributed by atoms with Crippen molar-refractivity contribution in [3.05, 3.63) is 24.2 Å². The molecule has 4 nitrogen and oxygen atoms in total. The molecule has 0 saturated carbocycles. The van der Waals surface area contributed by atoms with Gasteiger partial charge in [0.25, 0.3) is 0 Å². The Kier molecular flexibility index (Phi) is 1.69. The molecule has 0 aliphatic heterocycles. The van der Waals surface area contributed by atoms with Gasteiger partial charge in [-0.1, -0.05) is 0 Å². The third-order valence-corrected chi connectivity index (χ3v) is 2.04. The van der Waals surface area contributed by atoms with Crippen molar-refractivity contribution in [2.24, 2.45) is 0 Å². The molecule has 0 unspecified atom stereocenters. The number of rotatable bonds is 1. The van der Waals surface area contributed by atoms with E-state index in [1.165, 1.54) is 0 Å². The van der Waals surface area contributed by atoms with Crippen LogP contribution < -0.4 is 4.90 Å². The molecule has 0 bridgehead atoms. The Balaban J connectivity index is 2.78. The van der Waals surface area contributed by atoms with Crippen molar-refractivity contribution in [2.75, 3.05) is 19.0 Å². The number of nitrogens with zero attached hydrogens (tertiary/aromatic N) is 4. The van der Waals surface area contributed by atoms with Gasteiger partial charge in [0.2, 0.25) is 0 Å². The molecular formula is C9H12N4. The number of hydrogen-bond acceptors (Lipinski definition) is 3. The summed E-state index contributed by atoms with van der Waals surface area (Å²) < 4.78 is 2.03. The minimum absolute atomic E-state index is 0.899. The monoisotopic (exact) mass is 176 g/mol. The Morgan fingerprint density at radius 3 is 2.77 bits per heavy atom. The molecule has 2 aromatic heterocycles. The van der Waals surface area contributed by atoms with E-state index in [9.17, 15) is 0 Å². The van der Waals surface area contributed by atoms with E-state index >= 15 is 0 Å². The lowest BCUT2D eigenvalue weighted by Gasteiger charge is -2.12. The summed E-state index contributed by atoms with van der Waals surface area (Å²) in [6.07, 6.45) is 1.99. The Labute approximate surface area is 76.8 Å². The lowest BCUT2D eigenvalue weighted by Crippen LogP contribution is -2.13. The predicted octanol–water partition coefficient (Wildman–Crippen LogP) is 1.10. The molecule has 0 fully saturated rings. The molecule has 4 heteroatoms. The van der Waals surface area contributed by atoms with E-state index in [1.54, 1.807) is 0 Å². The molecule has 0 N–H and O–H groups in total. The average molecular weight is 176 g/mol. The van der Waals surface area contributed by atoms with Crippen molar-refractivity contribution < 1.29 is 0 Å². The molecule has 13 heavy (non-hydrogen) atoms. The second-order valence-electron chi connectivity index (χ2n) is 3.23. The first-order valence-electron chi connectivity index (χ1n) is 4.18. The third kappa shape index (κ3) is 1.14. The highest BCUT2D eigenvalue weighted by atomic mass is 15.3. The van der Waals surface area contributed by atoms with Crippen LogP contribution in [-0.2, 0) is 0 Å². The highest BCUT2D eigenvalue weighted by Gasteiger charge is 2.06. The summed E-state index contributed by atoms with van der Waals surface area (Å²) in [4.78, 5) is 1.96. The minimum Gasteiger partial charge on any atom is -0.360 e. The van der Waals surface area contributed by atoms with E-state index < -0.39 is 0 Å². The third-order valence-electron chi connectivity index (χ3n) is 2.04. The molecule has 0 radical (unpaired) electrons. The van der Waals surface area contributed by atoms with Crippen molar-refractivity contribution >= 4 is 11.3 Å². The van der Waals surface area contributed by atoms with Gasteiger partial charge in [0, 0.05) is 20.3 Å². The molecular weight excluding hydrogens is 164 g/mol. The summed E-state index contributed by atoms with van der Waals surface area (Å²) >= 11 is 0. The molecule has 2 heterocycles. The number of hydrogen-bond donors (Lipinski definition) is 0. The van der Waals surface area contributed by atoms with E-state index in [-0.39, 0.29) is 0 Å². The Bertz CT molecular complexity index is 430. The normalized spacial score (nSPS) is 10.7. The van der Waals surface area contributed by atoms with Gasteiger partial charge in [-0.25, -0.2) is 0 Å². The quantitative estimate of drug-likeness (QED) is 0.652. The first-order valence-corrected chi connectivity index (χ1v) is 4.18. The lowest BCUT2D eigenvalue weighted by atomic mass is 10.4. The number of fused-ring (bicyclic) bond motifs is 1. The highest BCUT2D eigenvalue weighted by Crippen LogP contribution is 2.16. The van der Waals surface area contributed by atoms with Crippen molar-refractivity contribution in [3.8, 4) is 0 Å². The van der Waals surface area contributed by atoms with Crippen molar-refractivity contribution in [1.29, 1.82) is 0 Å². The first-order chi connectivity index (χ1) is 6.20. The van der Waals surface area contributed by atoms with Crippen LogP contribution in [0.5, 0.6) is 0 Å². The van der Waals surface area contributed by atoms with Crippen LogP contribution in [0.1, 0.15) is 5.82 Å². The van der Waals surface area contributed by atoms with Gasteiger partial charge in [0.15, 0.2) is 5.82 Å². The van der Waals surface area contributed by atoms with Crippen molar-refractivity contribution in [1.82, 2.24) is 14.6 Å². The van der Waals surface area contributed by atoms with E-state index in [2.05, 4.69) is 10.2 Å². The SMILES string of the molecule is Cc1nnc(N(C)C)c2cccn12. The number of aromatic nitrogens is 3. The summed E-state index contributed by atoms with van der Waals surface area (Å²) in [6, 6.07) is 4.04. The molecule has 2 rings (SSSR count). The smallest absolute Gasteiger partial charge is 0.175 e. The Hall–Kier alpha value is -1.58. The fraction of sp³-hybridized carbons (Fsp3) is 0.333.